The molecule has 1 saturated heterocycles. The van der Waals surface area contributed by atoms with Crippen LogP contribution in [0.1, 0.15) is 28.9 Å². The number of nitrogens with zero attached hydrogens (tertiary/aromatic N) is 3. The summed E-state index contributed by atoms with van der Waals surface area (Å²) in [6.45, 7) is 3.14. The average Bonchev–Trinajstić information content (AvgIpc) is 2.69. The summed E-state index contributed by atoms with van der Waals surface area (Å²) in [5.74, 6) is 1.70. The number of piperidine rings is 1. The first-order valence-electron chi connectivity index (χ1n) is 8.58. The predicted molar refractivity (Wildman–Crippen MR) is 95.9 cm³/mol. The van der Waals surface area contributed by atoms with Crippen LogP contribution in [0.4, 0.5) is 0 Å². The van der Waals surface area contributed by atoms with Gasteiger partial charge in [0.15, 0.2) is 0 Å². The van der Waals surface area contributed by atoms with Crippen molar-refractivity contribution >= 4 is 5.91 Å². The third kappa shape index (κ3) is 4.22. The Hall–Kier alpha value is -2.83. The van der Waals surface area contributed by atoms with Crippen LogP contribution in [-0.2, 0) is 0 Å². The second kappa shape index (κ2) is 8.03. The molecule has 0 unspecified atom stereocenters. The molecular formula is C19H23N3O4. The van der Waals surface area contributed by atoms with Crippen LogP contribution in [-0.4, -0.2) is 54.4 Å². The van der Waals surface area contributed by atoms with Crippen LogP contribution in [0.5, 0.6) is 17.4 Å². The van der Waals surface area contributed by atoms with Crippen LogP contribution in [0, 0.1) is 6.92 Å². The molecule has 1 amide bonds. The molecule has 0 spiro atoms. The van der Waals surface area contributed by atoms with Crippen molar-refractivity contribution in [2.75, 3.05) is 27.3 Å². The predicted octanol–water partition coefficient (Wildman–Crippen LogP) is 2.49. The number of carbonyl (C=O) groups is 1. The van der Waals surface area contributed by atoms with Gasteiger partial charge in [0.05, 0.1) is 19.9 Å². The molecule has 138 valence electrons. The SMILES string of the molecule is COc1cc(OC)cc(C(=O)N2CCC(Oc3ccc(C)nn3)CC2)c1. The van der Waals surface area contributed by atoms with Crippen molar-refractivity contribution in [2.45, 2.75) is 25.9 Å². The molecular weight excluding hydrogens is 334 g/mol. The fraction of sp³-hybridized carbons (Fsp3) is 0.421. The molecule has 0 saturated carbocycles. The topological polar surface area (TPSA) is 73.8 Å². The van der Waals surface area contributed by atoms with Gasteiger partial charge in [-0.2, -0.15) is 5.10 Å². The van der Waals surface area contributed by atoms with Crippen molar-refractivity contribution in [3.8, 4) is 17.4 Å². The molecule has 0 N–H and O–H groups in total. The molecule has 0 radical (unpaired) electrons. The summed E-state index contributed by atoms with van der Waals surface area (Å²) in [6, 6.07) is 8.91. The molecule has 1 aliphatic heterocycles. The molecule has 3 rings (SSSR count). The van der Waals surface area contributed by atoms with Crippen molar-refractivity contribution < 1.29 is 19.0 Å². The number of aromatic nitrogens is 2. The largest absolute Gasteiger partial charge is 0.497 e. The second-order valence-corrected chi connectivity index (χ2v) is 6.22. The number of methoxy groups -OCH3 is 2. The summed E-state index contributed by atoms with van der Waals surface area (Å²) in [6.07, 6.45) is 1.54. The minimum absolute atomic E-state index is 0.0317. The van der Waals surface area contributed by atoms with Crippen LogP contribution in [0.2, 0.25) is 0 Å². The quantitative estimate of drug-likeness (QED) is 0.818. The van der Waals surface area contributed by atoms with E-state index in [0.29, 0.717) is 36.0 Å². The Morgan fingerprint density at radius 2 is 1.69 bits per heavy atom. The lowest BCUT2D eigenvalue weighted by Crippen LogP contribution is -2.41. The van der Waals surface area contributed by atoms with E-state index in [-0.39, 0.29) is 12.0 Å². The Morgan fingerprint density at radius 3 is 2.23 bits per heavy atom. The van der Waals surface area contributed by atoms with Crippen LogP contribution in [0.3, 0.4) is 0 Å². The lowest BCUT2D eigenvalue weighted by Gasteiger charge is -2.32. The molecule has 7 heteroatoms. The van der Waals surface area contributed by atoms with Crippen LogP contribution in [0.15, 0.2) is 30.3 Å². The first-order chi connectivity index (χ1) is 12.6. The maximum Gasteiger partial charge on any atom is 0.254 e. The van der Waals surface area contributed by atoms with E-state index in [9.17, 15) is 4.79 Å². The minimum atomic E-state index is -0.0317. The van der Waals surface area contributed by atoms with Crippen molar-refractivity contribution in [1.82, 2.24) is 15.1 Å². The van der Waals surface area contributed by atoms with Gasteiger partial charge in [-0.15, -0.1) is 5.10 Å². The first kappa shape index (κ1) is 18.0. The molecule has 26 heavy (non-hydrogen) atoms. The van der Waals surface area contributed by atoms with E-state index in [0.717, 1.165) is 18.5 Å². The Kier molecular flexibility index (Phi) is 5.55. The zero-order valence-electron chi connectivity index (χ0n) is 15.3. The van der Waals surface area contributed by atoms with Crippen LogP contribution in [0.25, 0.3) is 0 Å². The lowest BCUT2D eigenvalue weighted by molar-refractivity contribution is 0.0585. The average molecular weight is 357 g/mol. The number of amides is 1. The number of rotatable bonds is 5. The van der Waals surface area contributed by atoms with E-state index in [1.54, 1.807) is 32.4 Å². The van der Waals surface area contributed by atoms with Gasteiger partial charge in [-0.25, -0.2) is 0 Å². The molecule has 2 aromatic rings. The summed E-state index contributed by atoms with van der Waals surface area (Å²) in [4.78, 5) is 14.6. The summed E-state index contributed by atoms with van der Waals surface area (Å²) in [5, 5.41) is 8.03. The number of hydrogen-bond acceptors (Lipinski definition) is 6. The molecule has 0 bridgehead atoms. The summed E-state index contributed by atoms with van der Waals surface area (Å²) < 4.78 is 16.4. The van der Waals surface area contributed by atoms with Gasteiger partial charge in [-0.1, -0.05) is 0 Å². The van der Waals surface area contributed by atoms with E-state index < -0.39 is 0 Å². The van der Waals surface area contributed by atoms with Crippen molar-refractivity contribution in [3.63, 3.8) is 0 Å². The van der Waals surface area contributed by atoms with E-state index in [2.05, 4.69) is 10.2 Å². The molecule has 1 aromatic heterocycles. The van der Waals surface area contributed by atoms with Gasteiger partial charge in [0.2, 0.25) is 5.88 Å². The van der Waals surface area contributed by atoms with E-state index in [1.807, 2.05) is 24.0 Å². The maximum absolute atomic E-state index is 12.8. The first-order valence-corrected chi connectivity index (χ1v) is 8.58. The van der Waals surface area contributed by atoms with E-state index >= 15 is 0 Å². The summed E-state index contributed by atoms with van der Waals surface area (Å²) >= 11 is 0. The highest BCUT2D eigenvalue weighted by Gasteiger charge is 2.25. The monoisotopic (exact) mass is 357 g/mol. The van der Waals surface area contributed by atoms with Gasteiger partial charge < -0.3 is 19.1 Å². The molecule has 1 fully saturated rings. The van der Waals surface area contributed by atoms with Gasteiger partial charge in [0.1, 0.15) is 17.6 Å². The number of ether oxygens (including phenoxy) is 3. The lowest BCUT2D eigenvalue weighted by atomic mass is 10.1. The van der Waals surface area contributed by atoms with Gasteiger partial charge in [-0.05, 0) is 25.1 Å². The van der Waals surface area contributed by atoms with Gasteiger partial charge in [-0.3, -0.25) is 4.79 Å². The molecule has 2 heterocycles. The maximum atomic E-state index is 12.8. The van der Waals surface area contributed by atoms with Gasteiger partial charge >= 0.3 is 0 Å². The number of benzene rings is 1. The van der Waals surface area contributed by atoms with Gasteiger partial charge in [0, 0.05) is 43.6 Å². The Labute approximate surface area is 152 Å². The second-order valence-electron chi connectivity index (χ2n) is 6.22. The summed E-state index contributed by atoms with van der Waals surface area (Å²) in [5.41, 5.74) is 1.41. The standard InChI is InChI=1S/C19H23N3O4/c1-13-4-5-18(21-20-13)26-15-6-8-22(9-7-15)19(23)14-10-16(24-2)12-17(11-14)25-3/h4-5,10-12,15H,6-9H2,1-3H3. The van der Waals surface area contributed by atoms with Crippen molar-refractivity contribution in [2.24, 2.45) is 0 Å². The molecule has 0 atom stereocenters. The third-order valence-corrected chi connectivity index (χ3v) is 4.39. The number of hydrogen-bond donors (Lipinski definition) is 0. The Morgan fingerprint density at radius 1 is 1.04 bits per heavy atom. The highest BCUT2D eigenvalue weighted by atomic mass is 16.5. The highest BCUT2D eigenvalue weighted by Crippen LogP contribution is 2.25. The number of likely N-dealkylation sites (tertiary alicyclic amines) is 1. The fourth-order valence-electron chi connectivity index (χ4n) is 2.91. The van der Waals surface area contributed by atoms with Gasteiger partial charge in [0.25, 0.3) is 5.91 Å². The van der Waals surface area contributed by atoms with E-state index in [1.165, 1.54) is 0 Å². The molecule has 1 aromatic carbocycles. The summed E-state index contributed by atoms with van der Waals surface area (Å²) in [7, 11) is 3.14. The van der Waals surface area contributed by atoms with Crippen molar-refractivity contribution in [1.29, 1.82) is 0 Å². The minimum Gasteiger partial charge on any atom is -0.497 e. The zero-order valence-corrected chi connectivity index (χ0v) is 15.3. The smallest absolute Gasteiger partial charge is 0.254 e. The van der Waals surface area contributed by atoms with Crippen LogP contribution < -0.4 is 14.2 Å². The Bertz CT molecular complexity index is 734. The Balaban J connectivity index is 1.60. The molecule has 1 aliphatic rings. The van der Waals surface area contributed by atoms with Crippen LogP contribution >= 0.6 is 0 Å². The normalized spacial score (nSPS) is 14.8. The van der Waals surface area contributed by atoms with Crippen molar-refractivity contribution in [3.05, 3.63) is 41.6 Å². The third-order valence-electron chi connectivity index (χ3n) is 4.39. The highest BCUT2D eigenvalue weighted by molar-refractivity contribution is 5.95. The zero-order chi connectivity index (χ0) is 18.5. The molecule has 0 aliphatic carbocycles. The number of carbonyl (C=O) groups excluding carboxylic acids is 1. The number of aryl methyl sites for hydroxylation is 1. The van der Waals surface area contributed by atoms with E-state index in [4.69, 9.17) is 14.2 Å². The fourth-order valence-corrected chi connectivity index (χ4v) is 2.91. The molecule has 7 nitrogen and oxygen atoms in total.